The van der Waals surface area contributed by atoms with Crippen LogP contribution >= 0.6 is 0 Å². The molecule has 0 aliphatic heterocycles. The number of nitrogens with one attached hydrogen (secondary N) is 2. The number of carbonyl (C=O) groups excluding carboxylic acids is 2. The van der Waals surface area contributed by atoms with Gasteiger partial charge in [0.2, 0.25) is 0 Å². The second kappa shape index (κ2) is 9.93. The molecular weight excluding hydrogens is 336 g/mol. The molecule has 7 heteroatoms. The maximum atomic E-state index is 12.2. The van der Waals surface area contributed by atoms with Crippen molar-refractivity contribution in [1.29, 1.82) is 0 Å². The number of amides is 2. The zero-order chi connectivity index (χ0) is 18.8. The van der Waals surface area contributed by atoms with Crippen molar-refractivity contribution in [2.45, 2.75) is 13.8 Å². The smallest absolute Gasteiger partial charge is 0.276 e. The monoisotopic (exact) mass is 358 g/mol. The number of hydrogen-bond donors (Lipinski definition) is 2. The van der Waals surface area contributed by atoms with Gasteiger partial charge in [-0.25, -0.2) is 0 Å². The molecule has 0 spiro atoms. The molecule has 2 aromatic carbocycles. The van der Waals surface area contributed by atoms with Crippen LogP contribution in [0.25, 0.3) is 0 Å². The molecule has 0 heterocycles. The van der Waals surface area contributed by atoms with E-state index in [4.69, 9.17) is 14.2 Å². The highest BCUT2D eigenvalue weighted by molar-refractivity contribution is 5.96. The lowest BCUT2D eigenvalue weighted by Gasteiger charge is -2.13. The quantitative estimate of drug-likeness (QED) is 0.708. The minimum Gasteiger partial charge on any atom is -0.490 e. The van der Waals surface area contributed by atoms with E-state index in [1.807, 2.05) is 19.9 Å². The summed E-state index contributed by atoms with van der Waals surface area (Å²) in [6.07, 6.45) is 0. The molecule has 2 N–H and O–H groups in total. The maximum Gasteiger partial charge on any atom is 0.276 e. The summed E-state index contributed by atoms with van der Waals surface area (Å²) in [5.74, 6) is 0.661. The zero-order valence-electron chi connectivity index (χ0n) is 14.8. The fourth-order valence-corrected chi connectivity index (χ4v) is 2.09. The lowest BCUT2D eigenvalue weighted by molar-refractivity contribution is -0.123. The predicted molar refractivity (Wildman–Crippen MR) is 96.3 cm³/mol. The number of benzene rings is 2. The van der Waals surface area contributed by atoms with Gasteiger partial charge >= 0.3 is 0 Å². The largest absolute Gasteiger partial charge is 0.490 e. The van der Waals surface area contributed by atoms with Crippen molar-refractivity contribution in [3.8, 4) is 17.2 Å². The normalized spacial score (nSPS) is 9.92. The van der Waals surface area contributed by atoms with E-state index in [1.54, 1.807) is 42.5 Å². The SMILES string of the molecule is CCOc1ccc(C(=O)NNC(=O)COc2ccccc2)cc1OCC. The molecular formula is C19H22N2O5. The highest BCUT2D eigenvalue weighted by atomic mass is 16.5. The lowest BCUT2D eigenvalue weighted by atomic mass is 10.2. The Bertz CT molecular complexity index is 734. The molecule has 0 aliphatic rings. The minimum absolute atomic E-state index is 0.211. The van der Waals surface area contributed by atoms with Gasteiger partial charge in [0, 0.05) is 5.56 Å². The van der Waals surface area contributed by atoms with E-state index < -0.39 is 11.8 Å². The topological polar surface area (TPSA) is 85.9 Å². The minimum atomic E-state index is -0.474. The fraction of sp³-hybridized carbons (Fsp3) is 0.263. The molecule has 0 unspecified atom stereocenters. The van der Waals surface area contributed by atoms with Crippen molar-refractivity contribution in [2.24, 2.45) is 0 Å². The standard InChI is InChI=1S/C19H22N2O5/c1-3-24-16-11-10-14(12-17(16)25-4-2)19(23)21-20-18(22)13-26-15-8-6-5-7-9-15/h5-12H,3-4,13H2,1-2H3,(H,20,22)(H,21,23). The Labute approximate surface area is 152 Å². The second-order valence-electron chi connectivity index (χ2n) is 5.13. The van der Waals surface area contributed by atoms with Gasteiger partial charge < -0.3 is 14.2 Å². The molecule has 0 saturated heterocycles. The van der Waals surface area contributed by atoms with E-state index >= 15 is 0 Å². The van der Waals surface area contributed by atoms with Gasteiger partial charge in [0.1, 0.15) is 5.75 Å². The summed E-state index contributed by atoms with van der Waals surface area (Å²) in [4.78, 5) is 24.0. The average molecular weight is 358 g/mol. The summed E-state index contributed by atoms with van der Waals surface area (Å²) in [7, 11) is 0. The van der Waals surface area contributed by atoms with Crippen LogP contribution in [0.2, 0.25) is 0 Å². The summed E-state index contributed by atoms with van der Waals surface area (Å²) in [6.45, 7) is 4.43. The van der Waals surface area contributed by atoms with Gasteiger partial charge in [0.25, 0.3) is 11.8 Å². The zero-order valence-corrected chi connectivity index (χ0v) is 14.8. The summed E-state index contributed by atoms with van der Waals surface area (Å²) in [5, 5.41) is 0. The molecule has 0 aliphatic carbocycles. The molecule has 26 heavy (non-hydrogen) atoms. The van der Waals surface area contributed by atoms with Gasteiger partial charge in [-0.15, -0.1) is 0 Å². The molecule has 2 rings (SSSR count). The van der Waals surface area contributed by atoms with Crippen LogP contribution in [0, 0.1) is 0 Å². The van der Waals surface area contributed by atoms with Crippen molar-refractivity contribution in [1.82, 2.24) is 10.9 Å². The van der Waals surface area contributed by atoms with Crippen LogP contribution in [0.4, 0.5) is 0 Å². The van der Waals surface area contributed by atoms with Crippen LogP contribution in [-0.2, 0) is 4.79 Å². The van der Waals surface area contributed by atoms with Gasteiger partial charge in [-0.1, -0.05) is 18.2 Å². The third-order valence-corrected chi connectivity index (χ3v) is 3.23. The number of carbonyl (C=O) groups is 2. The third-order valence-electron chi connectivity index (χ3n) is 3.23. The van der Waals surface area contributed by atoms with Crippen LogP contribution in [0.15, 0.2) is 48.5 Å². The fourth-order valence-electron chi connectivity index (χ4n) is 2.09. The van der Waals surface area contributed by atoms with Crippen molar-refractivity contribution >= 4 is 11.8 Å². The maximum absolute atomic E-state index is 12.2. The van der Waals surface area contributed by atoms with E-state index in [9.17, 15) is 9.59 Å². The Hall–Kier alpha value is -3.22. The van der Waals surface area contributed by atoms with Crippen LogP contribution in [0.1, 0.15) is 24.2 Å². The predicted octanol–water partition coefficient (Wildman–Crippen LogP) is 2.32. The molecule has 0 saturated carbocycles. The Morgan fingerprint density at radius 2 is 1.54 bits per heavy atom. The van der Waals surface area contributed by atoms with Gasteiger partial charge in [-0.05, 0) is 44.2 Å². The van der Waals surface area contributed by atoms with E-state index in [1.165, 1.54) is 0 Å². The van der Waals surface area contributed by atoms with E-state index in [0.29, 0.717) is 36.0 Å². The Morgan fingerprint density at radius 1 is 0.846 bits per heavy atom. The number of ether oxygens (including phenoxy) is 3. The molecule has 7 nitrogen and oxygen atoms in total. The Morgan fingerprint density at radius 3 is 2.23 bits per heavy atom. The molecule has 138 valence electrons. The summed E-state index contributed by atoms with van der Waals surface area (Å²) >= 11 is 0. The Kier molecular flexibility index (Phi) is 7.30. The first-order valence-electron chi connectivity index (χ1n) is 8.30. The first kappa shape index (κ1) is 19.1. The highest BCUT2D eigenvalue weighted by Crippen LogP contribution is 2.28. The molecule has 0 fully saturated rings. The third kappa shape index (κ3) is 5.70. The molecule has 0 atom stereocenters. The molecule has 2 aromatic rings. The first-order chi connectivity index (χ1) is 12.6. The first-order valence-corrected chi connectivity index (χ1v) is 8.30. The highest BCUT2D eigenvalue weighted by Gasteiger charge is 2.12. The number of hydrogen-bond acceptors (Lipinski definition) is 5. The van der Waals surface area contributed by atoms with Crippen molar-refractivity contribution in [2.75, 3.05) is 19.8 Å². The molecule has 2 amide bonds. The van der Waals surface area contributed by atoms with Crippen LogP contribution < -0.4 is 25.1 Å². The van der Waals surface area contributed by atoms with E-state index in [0.717, 1.165) is 0 Å². The molecule has 0 aromatic heterocycles. The van der Waals surface area contributed by atoms with Gasteiger partial charge in [-0.3, -0.25) is 20.4 Å². The lowest BCUT2D eigenvalue weighted by Crippen LogP contribution is -2.43. The van der Waals surface area contributed by atoms with Gasteiger partial charge in [-0.2, -0.15) is 0 Å². The van der Waals surface area contributed by atoms with Crippen molar-refractivity contribution < 1.29 is 23.8 Å². The van der Waals surface area contributed by atoms with Crippen LogP contribution in [0.3, 0.4) is 0 Å². The van der Waals surface area contributed by atoms with Gasteiger partial charge in [0.05, 0.1) is 13.2 Å². The van der Waals surface area contributed by atoms with Crippen molar-refractivity contribution in [3.63, 3.8) is 0 Å². The summed E-state index contributed by atoms with van der Waals surface area (Å²) in [5.41, 5.74) is 4.98. The van der Waals surface area contributed by atoms with Crippen molar-refractivity contribution in [3.05, 3.63) is 54.1 Å². The Balaban J connectivity index is 1.88. The van der Waals surface area contributed by atoms with E-state index in [-0.39, 0.29) is 6.61 Å². The van der Waals surface area contributed by atoms with Crippen LogP contribution in [-0.4, -0.2) is 31.6 Å². The molecule has 0 bridgehead atoms. The average Bonchev–Trinajstić information content (AvgIpc) is 2.67. The number of hydrazine groups is 1. The number of rotatable bonds is 8. The van der Waals surface area contributed by atoms with E-state index in [2.05, 4.69) is 10.9 Å². The van der Waals surface area contributed by atoms with Gasteiger partial charge in [0.15, 0.2) is 18.1 Å². The second-order valence-corrected chi connectivity index (χ2v) is 5.13. The molecule has 0 radical (unpaired) electrons. The van der Waals surface area contributed by atoms with Crippen LogP contribution in [0.5, 0.6) is 17.2 Å². The summed E-state index contributed by atoms with van der Waals surface area (Å²) < 4.78 is 16.2. The summed E-state index contributed by atoms with van der Waals surface area (Å²) in [6, 6.07) is 13.7. The number of para-hydroxylation sites is 1.